The Labute approximate surface area is 136 Å². The molecule has 0 radical (unpaired) electrons. The SMILES string of the molecule is CCCn1ncc(Br)c1C(=O)c1cc(Br)ccc1Br. The van der Waals surface area contributed by atoms with Crippen molar-refractivity contribution < 1.29 is 4.79 Å². The van der Waals surface area contributed by atoms with E-state index in [4.69, 9.17) is 0 Å². The quantitative estimate of drug-likeness (QED) is 0.626. The van der Waals surface area contributed by atoms with Gasteiger partial charge in [0.05, 0.1) is 10.7 Å². The molecule has 0 atom stereocenters. The molecule has 1 aromatic heterocycles. The predicted molar refractivity (Wildman–Crippen MR) is 85.5 cm³/mol. The maximum Gasteiger partial charge on any atom is 0.213 e. The number of benzene rings is 1. The largest absolute Gasteiger partial charge is 0.287 e. The minimum Gasteiger partial charge on any atom is -0.287 e. The van der Waals surface area contributed by atoms with E-state index >= 15 is 0 Å². The third kappa shape index (κ3) is 3.17. The smallest absolute Gasteiger partial charge is 0.213 e. The van der Waals surface area contributed by atoms with Crippen LogP contribution >= 0.6 is 47.8 Å². The van der Waals surface area contributed by atoms with Gasteiger partial charge < -0.3 is 0 Å². The summed E-state index contributed by atoms with van der Waals surface area (Å²) in [4.78, 5) is 12.7. The first kappa shape index (κ1) is 14.9. The molecule has 0 fully saturated rings. The van der Waals surface area contributed by atoms with Crippen LogP contribution in [0.15, 0.2) is 37.8 Å². The van der Waals surface area contributed by atoms with Crippen LogP contribution in [-0.4, -0.2) is 15.6 Å². The van der Waals surface area contributed by atoms with Gasteiger partial charge in [-0.2, -0.15) is 5.10 Å². The maximum absolute atomic E-state index is 12.7. The lowest BCUT2D eigenvalue weighted by atomic mass is 10.1. The van der Waals surface area contributed by atoms with Crippen molar-refractivity contribution in [1.82, 2.24) is 9.78 Å². The summed E-state index contributed by atoms with van der Waals surface area (Å²) in [5.41, 5.74) is 1.20. The zero-order valence-corrected chi connectivity index (χ0v) is 14.9. The van der Waals surface area contributed by atoms with Gasteiger partial charge in [0.2, 0.25) is 5.78 Å². The Bertz CT molecular complexity index is 622. The van der Waals surface area contributed by atoms with Crippen LogP contribution in [0.2, 0.25) is 0 Å². The Hall–Kier alpha value is -0.460. The Balaban J connectivity index is 2.49. The summed E-state index contributed by atoms with van der Waals surface area (Å²) in [5.74, 6) is -0.0500. The van der Waals surface area contributed by atoms with E-state index in [1.165, 1.54) is 0 Å². The molecule has 6 heteroatoms. The number of aryl methyl sites for hydroxylation is 1. The van der Waals surface area contributed by atoms with Crippen LogP contribution in [0.5, 0.6) is 0 Å². The van der Waals surface area contributed by atoms with Gasteiger partial charge >= 0.3 is 0 Å². The van der Waals surface area contributed by atoms with Gasteiger partial charge in [0, 0.05) is 21.1 Å². The molecule has 0 amide bonds. The third-order valence-corrected chi connectivity index (χ3v) is 4.38. The Kier molecular flexibility index (Phi) is 4.97. The van der Waals surface area contributed by atoms with Crippen LogP contribution in [0, 0.1) is 0 Å². The van der Waals surface area contributed by atoms with E-state index in [1.54, 1.807) is 10.9 Å². The number of hydrogen-bond acceptors (Lipinski definition) is 2. The lowest BCUT2D eigenvalue weighted by molar-refractivity contribution is 0.102. The Morgan fingerprint density at radius 3 is 2.68 bits per heavy atom. The Morgan fingerprint density at radius 2 is 2.00 bits per heavy atom. The molecule has 2 rings (SSSR count). The number of ketones is 1. The Morgan fingerprint density at radius 1 is 1.26 bits per heavy atom. The van der Waals surface area contributed by atoms with Crippen molar-refractivity contribution in [1.29, 1.82) is 0 Å². The molecule has 0 aliphatic rings. The summed E-state index contributed by atoms with van der Waals surface area (Å²) in [7, 11) is 0. The second-order valence-corrected chi connectivity index (χ2v) is 6.64. The van der Waals surface area contributed by atoms with Crippen LogP contribution < -0.4 is 0 Å². The highest BCUT2D eigenvalue weighted by Crippen LogP contribution is 2.27. The molecule has 3 nitrogen and oxygen atoms in total. The zero-order chi connectivity index (χ0) is 14.0. The fourth-order valence-electron chi connectivity index (χ4n) is 1.77. The van der Waals surface area contributed by atoms with E-state index in [1.807, 2.05) is 18.2 Å². The molecule has 2 aromatic rings. The summed E-state index contributed by atoms with van der Waals surface area (Å²) in [6.07, 6.45) is 2.59. The second-order valence-electron chi connectivity index (χ2n) is 4.02. The lowest BCUT2D eigenvalue weighted by Gasteiger charge is -2.08. The van der Waals surface area contributed by atoms with E-state index < -0.39 is 0 Å². The standard InChI is InChI=1S/C13H11Br3N2O/c1-2-5-18-12(11(16)7-17-18)13(19)9-6-8(14)3-4-10(9)15/h3-4,6-7H,2,5H2,1H3. The first-order valence-corrected chi connectivity index (χ1v) is 8.13. The average molecular weight is 451 g/mol. The molecule has 0 saturated carbocycles. The minimum absolute atomic E-state index is 0.0500. The minimum atomic E-state index is -0.0500. The highest BCUT2D eigenvalue weighted by Gasteiger charge is 2.20. The monoisotopic (exact) mass is 448 g/mol. The van der Waals surface area contributed by atoms with Crippen molar-refractivity contribution in [2.24, 2.45) is 0 Å². The van der Waals surface area contributed by atoms with Crippen LogP contribution in [0.4, 0.5) is 0 Å². The maximum atomic E-state index is 12.7. The molecule has 0 spiro atoms. The summed E-state index contributed by atoms with van der Waals surface area (Å²) < 4.78 is 4.10. The number of rotatable bonds is 4. The van der Waals surface area contributed by atoms with E-state index in [0.29, 0.717) is 11.3 Å². The lowest BCUT2D eigenvalue weighted by Crippen LogP contribution is -2.12. The van der Waals surface area contributed by atoms with Gasteiger partial charge in [-0.15, -0.1) is 0 Å². The summed E-state index contributed by atoms with van der Waals surface area (Å²) in [6.45, 7) is 2.77. The molecule has 0 unspecified atom stereocenters. The van der Waals surface area contributed by atoms with Crippen LogP contribution in [0.25, 0.3) is 0 Å². The first-order chi connectivity index (χ1) is 9.04. The highest BCUT2D eigenvalue weighted by atomic mass is 79.9. The number of halogens is 3. The van der Waals surface area contributed by atoms with Gasteiger partial charge in [0.1, 0.15) is 5.69 Å². The van der Waals surface area contributed by atoms with E-state index in [0.717, 1.165) is 26.4 Å². The molecular weight excluding hydrogens is 440 g/mol. The van der Waals surface area contributed by atoms with E-state index in [2.05, 4.69) is 59.8 Å². The van der Waals surface area contributed by atoms with Crippen molar-refractivity contribution in [2.45, 2.75) is 19.9 Å². The highest BCUT2D eigenvalue weighted by molar-refractivity contribution is 9.11. The molecule has 0 aliphatic heterocycles. The van der Waals surface area contributed by atoms with Crippen molar-refractivity contribution in [2.75, 3.05) is 0 Å². The molecule has 1 aromatic carbocycles. The van der Waals surface area contributed by atoms with Crippen LogP contribution in [0.3, 0.4) is 0 Å². The van der Waals surface area contributed by atoms with Crippen LogP contribution in [0.1, 0.15) is 29.4 Å². The number of carbonyl (C=O) groups is 1. The third-order valence-electron chi connectivity index (χ3n) is 2.62. The second kappa shape index (κ2) is 6.33. The molecule has 100 valence electrons. The van der Waals surface area contributed by atoms with Gasteiger partial charge in [-0.1, -0.05) is 38.8 Å². The molecule has 0 bridgehead atoms. The molecule has 0 saturated heterocycles. The normalized spacial score (nSPS) is 10.7. The van der Waals surface area contributed by atoms with Crippen molar-refractivity contribution in [3.8, 4) is 0 Å². The van der Waals surface area contributed by atoms with Gasteiger partial charge in [-0.3, -0.25) is 9.48 Å². The molecular formula is C13H11Br3N2O. The van der Waals surface area contributed by atoms with E-state index in [-0.39, 0.29) is 5.78 Å². The summed E-state index contributed by atoms with van der Waals surface area (Å²) in [5, 5.41) is 4.23. The molecule has 19 heavy (non-hydrogen) atoms. The van der Waals surface area contributed by atoms with Crippen LogP contribution in [-0.2, 0) is 6.54 Å². The number of nitrogens with zero attached hydrogens (tertiary/aromatic N) is 2. The van der Waals surface area contributed by atoms with Crippen molar-refractivity contribution in [3.63, 3.8) is 0 Å². The van der Waals surface area contributed by atoms with Gasteiger partial charge in [0.15, 0.2) is 0 Å². The van der Waals surface area contributed by atoms with E-state index in [9.17, 15) is 4.79 Å². The molecule has 0 N–H and O–H groups in total. The van der Waals surface area contributed by atoms with Crippen molar-refractivity contribution in [3.05, 3.63) is 49.1 Å². The van der Waals surface area contributed by atoms with Gasteiger partial charge in [-0.05, 0) is 40.5 Å². The summed E-state index contributed by atoms with van der Waals surface area (Å²) >= 11 is 10.2. The van der Waals surface area contributed by atoms with Gasteiger partial charge in [0.25, 0.3) is 0 Å². The fourth-order valence-corrected chi connectivity index (χ4v) is 3.03. The number of hydrogen-bond donors (Lipinski definition) is 0. The van der Waals surface area contributed by atoms with Crippen molar-refractivity contribution >= 4 is 53.6 Å². The summed E-state index contributed by atoms with van der Waals surface area (Å²) in [6, 6.07) is 5.55. The average Bonchev–Trinajstić information content (AvgIpc) is 2.73. The fraction of sp³-hybridized carbons (Fsp3) is 0.231. The topological polar surface area (TPSA) is 34.9 Å². The predicted octanol–water partition coefficient (Wildman–Crippen LogP) is 4.81. The van der Waals surface area contributed by atoms with Gasteiger partial charge in [-0.25, -0.2) is 0 Å². The molecule has 0 aliphatic carbocycles. The molecule has 1 heterocycles. The first-order valence-electron chi connectivity index (χ1n) is 5.75. The number of carbonyl (C=O) groups excluding carboxylic acids is 1. The number of aromatic nitrogens is 2. The zero-order valence-electron chi connectivity index (χ0n) is 10.2.